The number of fused-ring (bicyclic) bond motifs is 7. The van der Waals surface area contributed by atoms with Gasteiger partial charge in [-0.2, -0.15) is 52.7 Å². The molecule has 104 heavy (non-hydrogen) atoms. The molecule has 3 heterocycles. The molecule has 0 spiro atoms. The second-order valence-electron chi connectivity index (χ2n) is 26.0. The standard InChI is InChI=1S/C88H52BF12N3/c90-85(91,92)64-35-37-68(73(51-64)87(96,97)98)58-34-40-78(71(48-58)69-38-36-65(86(93,94)95)52-74(69)88(99,100)101)104-77-30-16-13-27-70(77)72-47-57(33-39-79(72)104)63-49-82-84-83(50-63)103(67-45-61(55-23-9-3-10-24-55)42-62(46-67)56-25-11-4-12-26-56)81-32-18-15-29-76(81)89(84)75-28-14-17-31-80(75)102(82)66-43-59(53-19-5-1-6-20-53)41-60(44-66)54-21-7-2-8-22-54/h1-52H. The van der Waals surface area contributed by atoms with Gasteiger partial charge in [-0.05, 0) is 204 Å². The number of rotatable bonds is 10. The van der Waals surface area contributed by atoms with Crippen LogP contribution in [-0.4, -0.2) is 11.3 Å². The molecular weight excluding hydrogens is 1340 g/mol. The Labute approximate surface area is 589 Å². The molecule has 2 aliphatic heterocycles. The zero-order chi connectivity index (χ0) is 71.6. The largest absolute Gasteiger partial charge is 0.417 e. The number of benzene rings is 14. The molecule has 16 heteroatoms. The quantitative estimate of drug-likeness (QED) is 0.0999. The second-order valence-corrected chi connectivity index (χ2v) is 26.0. The number of hydrogen-bond donors (Lipinski definition) is 0. The van der Waals surface area contributed by atoms with Crippen LogP contribution >= 0.6 is 0 Å². The van der Waals surface area contributed by atoms with Gasteiger partial charge in [0, 0.05) is 50.5 Å². The van der Waals surface area contributed by atoms with Crippen LogP contribution in [0.1, 0.15) is 22.3 Å². The van der Waals surface area contributed by atoms with E-state index in [9.17, 15) is 26.3 Å². The number of aromatic nitrogens is 1. The van der Waals surface area contributed by atoms with Crippen LogP contribution in [0.3, 0.4) is 0 Å². The van der Waals surface area contributed by atoms with Crippen LogP contribution in [0, 0.1) is 0 Å². The number of halogens is 12. The van der Waals surface area contributed by atoms with Crippen molar-refractivity contribution in [1.82, 2.24) is 4.57 Å². The first-order valence-corrected chi connectivity index (χ1v) is 33.3. The highest BCUT2D eigenvalue weighted by atomic mass is 19.4. The molecule has 0 aliphatic carbocycles. The van der Waals surface area contributed by atoms with Gasteiger partial charge < -0.3 is 14.4 Å². The molecule has 3 nitrogen and oxygen atoms in total. The third kappa shape index (κ3) is 11.4. The fraction of sp³-hybridized carbons (Fsp3) is 0.0455. The summed E-state index contributed by atoms with van der Waals surface area (Å²) in [5.74, 6) is 0. The van der Waals surface area contributed by atoms with Gasteiger partial charge in [0.1, 0.15) is 0 Å². The van der Waals surface area contributed by atoms with Crippen molar-refractivity contribution in [2.75, 3.05) is 9.80 Å². The van der Waals surface area contributed by atoms with Gasteiger partial charge in [-0.3, -0.25) is 0 Å². The summed E-state index contributed by atoms with van der Waals surface area (Å²) < 4.78 is 179. The summed E-state index contributed by atoms with van der Waals surface area (Å²) in [4.78, 5) is 4.67. The fourth-order valence-corrected chi connectivity index (χ4v) is 15.2. The molecule has 0 atom stereocenters. The van der Waals surface area contributed by atoms with Crippen LogP contribution in [0.5, 0.6) is 0 Å². The molecule has 0 N–H and O–H groups in total. The Morgan fingerprint density at radius 2 is 0.625 bits per heavy atom. The molecular formula is C88H52BF12N3. The van der Waals surface area contributed by atoms with Crippen LogP contribution in [0.2, 0.25) is 0 Å². The smallest absolute Gasteiger partial charge is 0.311 e. The van der Waals surface area contributed by atoms with Gasteiger partial charge in [0.2, 0.25) is 0 Å². The number of para-hydroxylation sites is 3. The Bertz CT molecular complexity index is 5570. The van der Waals surface area contributed by atoms with Crippen molar-refractivity contribution in [2.45, 2.75) is 24.7 Å². The normalized spacial score (nSPS) is 12.9. The lowest BCUT2D eigenvalue weighted by Crippen LogP contribution is -2.61. The average Bonchev–Trinajstić information content (AvgIpc) is 0.751. The third-order valence-corrected chi connectivity index (χ3v) is 19.8. The van der Waals surface area contributed by atoms with Gasteiger partial charge in [-0.1, -0.05) is 200 Å². The zero-order valence-corrected chi connectivity index (χ0v) is 54.5. The van der Waals surface area contributed by atoms with Crippen LogP contribution in [0.25, 0.3) is 105 Å². The van der Waals surface area contributed by atoms with Crippen molar-refractivity contribution in [3.63, 3.8) is 0 Å². The van der Waals surface area contributed by atoms with E-state index in [2.05, 4.69) is 143 Å². The number of alkyl halides is 12. The van der Waals surface area contributed by atoms with E-state index in [-0.39, 0.29) is 24.5 Å². The Hall–Kier alpha value is -12.3. The minimum absolute atomic E-state index is 0.0544. The van der Waals surface area contributed by atoms with E-state index in [0.29, 0.717) is 51.6 Å². The molecule has 0 saturated heterocycles. The average molecular weight is 1390 g/mol. The highest BCUT2D eigenvalue weighted by Crippen LogP contribution is 2.52. The van der Waals surface area contributed by atoms with Crippen LogP contribution in [0.15, 0.2) is 315 Å². The molecule has 0 fully saturated rings. The Morgan fingerprint density at radius 1 is 0.231 bits per heavy atom. The maximum Gasteiger partial charge on any atom is 0.417 e. The van der Waals surface area contributed by atoms with Gasteiger partial charge >= 0.3 is 24.7 Å². The minimum Gasteiger partial charge on any atom is -0.311 e. The van der Waals surface area contributed by atoms with Gasteiger partial charge in [0.25, 0.3) is 6.71 Å². The van der Waals surface area contributed by atoms with E-state index in [1.165, 1.54) is 6.07 Å². The third-order valence-electron chi connectivity index (χ3n) is 19.8. The predicted molar refractivity (Wildman–Crippen MR) is 393 cm³/mol. The zero-order valence-electron chi connectivity index (χ0n) is 54.5. The first kappa shape index (κ1) is 65.0. The molecule has 1 aromatic heterocycles. The molecule has 0 amide bonds. The molecule has 2 aliphatic rings. The Kier molecular flexibility index (Phi) is 15.5. The Morgan fingerprint density at radius 3 is 1.09 bits per heavy atom. The van der Waals surface area contributed by atoms with Gasteiger partial charge in [0.15, 0.2) is 0 Å². The summed E-state index contributed by atoms with van der Waals surface area (Å²) in [7, 11) is 0. The van der Waals surface area contributed by atoms with Crippen LogP contribution in [-0.2, 0) is 24.7 Å². The van der Waals surface area contributed by atoms with Crippen molar-refractivity contribution in [3.8, 4) is 83.6 Å². The second kappa shape index (κ2) is 24.8. The van der Waals surface area contributed by atoms with Crippen LogP contribution in [0.4, 0.5) is 86.8 Å². The molecule has 17 rings (SSSR count). The van der Waals surface area contributed by atoms with E-state index >= 15 is 26.3 Å². The monoisotopic (exact) mass is 1390 g/mol. The van der Waals surface area contributed by atoms with Crippen molar-refractivity contribution in [3.05, 3.63) is 338 Å². The first-order chi connectivity index (χ1) is 50.1. The van der Waals surface area contributed by atoms with E-state index in [1.54, 1.807) is 28.8 Å². The van der Waals surface area contributed by atoms with E-state index in [1.807, 2.05) is 103 Å². The maximum atomic E-state index is 15.6. The SMILES string of the molecule is FC(F)(F)c1ccc(-c2ccc(-n3c4ccccc4c4cc(-c5cc6c7c(c5)N(c5cc(-c8ccccc8)cc(-c8ccccc8)c5)c5ccccc5B7c5ccccc5N6c5cc(-c6ccccc6)cc(-c6ccccc6)c5)ccc43)c(-c3ccc(C(F)(F)F)cc3C(F)(F)F)c2)c(C(F)(F)F)c1. The first-order valence-electron chi connectivity index (χ1n) is 33.3. The summed E-state index contributed by atoms with van der Waals surface area (Å²) in [5, 5.41) is 1.14. The topological polar surface area (TPSA) is 11.4 Å². The minimum atomic E-state index is -5.47. The van der Waals surface area contributed by atoms with Crippen molar-refractivity contribution < 1.29 is 52.7 Å². The van der Waals surface area contributed by atoms with Gasteiger partial charge in [-0.15, -0.1) is 0 Å². The summed E-state index contributed by atoms with van der Waals surface area (Å²) in [6.45, 7) is -0.311. The molecule has 0 saturated carbocycles. The molecule has 0 bridgehead atoms. The lowest BCUT2D eigenvalue weighted by molar-refractivity contribution is -0.144. The fourth-order valence-electron chi connectivity index (χ4n) is 15.2. The van der Waals surface area contributed by atoms with E-state index in [4.69, 9.17) is 0 Å². The van der Waals surface area contributed by atoms with Crippen LogP contribution < -0.4 is 26.2 Å². The summed E-state index contributed by atoms with van der Waals surface area (Å²) in [6.07, 6.45) is -21.3. The predicted octanol–water partition coefficient (Wildman–Crippen LogP) is 24.6. The van der Waals surface area contributed by atoms with E-state index in [0.717, 1.165) is 113 Å². The summed E-state index contributed by atoms with van der Waals surface area (Å²) in [6, 6.07) is 93.3. The lowest BCUT2D eigenvalue weighted by Gasteiger charge is -2.44. The number of anilines is 6. The van der Waals surface area contributed by atoms with Gasteiger partial charge in [0.05, 0.1) is 39.0 Å². The molecule has 0 radical (unpaired) electrons. The van der Waals surface area contributed by atoms with Gasteiger partial charge in [-0.25, -0.2) is 0 Å². The number of nitrogens with zero attached hydrogens (tertiary/aromatic N) is 3. The highest BCUT2D eigenvalue weighted by Gasteiger charge is 2.45. The highest BCUT2D eigenvalue weighted by molar-refractivity contribution is 7.00. The molecule has 506 valence electrons. The molecule has 14 aromatic carbocycles. The number of hydrogen-bond acceptors (Lipinski definition) is 2. The molecule has 0 unspecified atom stereocenters. The lowest BCUT2D eigenvalue weighted by atomic mass is 9.33. The van der Waals surface area contributed by atoms with Crippen molar-refractivity contribution in [2.24, 2.45) is 0 Å². The Balaban J connectivity index is 0.938. The van der Waals surface area contributed by atoms with Crippen molar-refractivity contribution >= 4 is 79.0 Å². The summed E-state index contributed by atoms with van der Waals surface area (Å²) in [5.41, 5.74) is 9.19. The summed E-state index contributed by atoms with van der Waals surface area (Å²) >= 11 is 0. The van der Waals surface area contributed by atoms with E-state index < -0.39 is 69.2 Å². The van der Waals surface area contributed by atoms with Crippen molar-refractivity contribution in [1.29, 1.82) is 0 Å². The maximum absolute atomic E-state index is 15.6. The molecule has 15 aromatic rings.